The smallest absolute Gasteiger partial charge is 0.229 e. The summed E-state index contributed by atoms with van der Waals surface area (Å²) in [6, 6.07) is 7.36. The summed E-state index contributed by atoms with van der Waals surface area (Å²) in [6.45, 7) is 6.72. The molecule has 5 atom stereocenters. The van der Waals surface area contributed by atoms with E-state index in [2.05, 4.69) is 26.1 Å². The van der Waals surface area contributed by atoms with Gasteiger partial charge in [-0.05, 0) is 51.4 Å². The van der Waals surface area contributed by atoms with Crippen molar-refractivity contribution in [2.45, 2.75) is 63.4 Å². The average Bonchev–Trinajstić information content (AvgIpc) is 2.56. The predicted molar refractivity (Wildman–Crippen MR) is 92.3 cm³/mol. The summed E-state index contributed by atoms with van der Waals surface area (Å²) in [4.78, 5) is 0. The molecule has 2 unspecified atom stereocenters. The first-order chi connectivity index (χ1) is 11.7. The van der Waals surface area contributed by atoms with Crippen molar-refractivity contribution in [1.82, 2.24) is 5.32 Å². The van der Waals surface area contributed by atoms with Gasteiger partial charge in [0.05, 0.1) is 6.61 Å². The summed E-state index contributed by atoms with van der Waals surface area (Å²) in [6.07, 6.45) is -5.52. The Kier molecular flexibility index (Phi) is 6.79. The molecule has 0 amide bonds. The lowest BCUT2D eigenvalue weighted by Crippen LogP contribution is -2.60. The molecule has 7 heteroatoms. The fourth-order valence-electron chi connectivity index (χ4n) is 2.62. The van der Waals surface area contributed by atoms with Gasteiger partial charge in [0, 0.05) is 5.54 Å². The standard InChI is InChI=1S/C18H29NO6/c1-18(2,3)19-9-8-11-4-6-12(7-5-11)24-17-16(23)15(22)14(21)13(10-20)25-17/h4-7,13-17,19-23H,8-10H2,1-3H3/t13?,14-,15?,16-,17+/m1/s1. The molecule has 1 aromatic carbocycles. The van der Waals surface area contributed by atoms with E-state index in [-0.39, 0.29) is 5.54 Å². The number of nitrogens with one attached hydrogen (secondary N) is 1. The molecule has 2 rings (SSSR count). The fourth-order valence-corrected chi connectivity index (χ4v) is 2.62. The van der Waals surface area contributed by atoms with Crippen molar-refractivity contribution >= 4 is 0 Å². The van der Waals surface area contributed by atoms with Gasteiger partial charge in [-0.15, -0.1) is 0 Å². The minimum Gasteiger partial charge on any atom is -0.462 e. The first-order valence-corrected chi connectivity index (χ1v) is 8.52. The van der Waals surface area contributed by atoms with Gasteiger partial charge in [0.1, 0.15) is 30.2 Å². The lowest BCUT2D eigenvalue weighted by Gasteiger charge is -2.39. The van der Waals surface area contributed by atoms with Crippen LogP contribution < -0.4 is 10.1 Å². The van der Waals surface area contributed by atoms with Crippen molar-refractivity contribution in [2.24, 2.45) is 0 Å². The summed E-state index contributed by atoms with van der Waals surface area (Å²) in [5.41, 5.74) is 1.21. The highest BCUT2D eigenvalue weighted by atomic mass is 16.7. The summed E-state index contributed by atoms with van der Waals surface area (Å²) < 4.78 is 10.9. The highest BCUT2D eigenvalue weighted by Gasteiger charge is 2.44. The lowest BCUT2D eigenvalue weighted by molar-refractivity contribution is -0.277. The Morgan fingerprint density at radius 3 is 2.24 bits per heavy atom. The SMILES string of the molecule is CC(C)(C)NCCc1ccc(O[C@H]2OC(CO)[C@@H](O)C(O)[C@H]2O)cc1. The average molecular weight is 355 g/mol. The van der Waals surface area contributed by atoms with E-state index in [1.54, 1.807) is 12.1 Å². The van der Waals surface area contributed by atoms with E-state index in [9.17, 15) is 20.4 Å². The van der Waals surface area contributed by atoms with Crippen LogP contribution in [0.2, 0.25) is 0 Å². The molecule has 0 bridgehead atoms. The molecule has 1 aliphatic rings. The minimum atomic E-state index is -1.45. The van der Waals surface area contributed by atoms with Gasteiger partial charge in [-0.1, -0.05) is 12.1 Å². The third-order valence-electron chi connectivity index (χ3n) is 4.09. The van der Waals surface area contributed by atoms with Crippen LogP contribution in [-0.2, 0) is 11.2 Å². The minimum absolute atomic E-state index is 0.0756. The second-order valence-electron chi connectivity index (χ2n) is 7.39. The van der Waals surface area contributed by atoms with Gasteiger partial charge in [0.25, 0.3) is 0 Å². The summed E-state index contributed by atoms with van der Waals surface area (Å²) in [5, 5.41) is 42.1. The molecule has 0 saturated carbocycles. The number of aliphatic hydroxyl groups excluding tert-OH is 4. The monoisotopic (exact) mass is 355 g/mol. The molecule has 1 saturated heterocycles. The number of ether oxygens (including phenoxy) is 2. The van der Waals surface area contributed by atoms with Crippen molar-refractivity contribution in [3.8, 4) is 5.75 Å². The van der Waals surface area contributed by atoms with E-state index < -0.39 is 37.3 Å². The molecule has 1 aromatic rings. The number of hydrogen-bond acceptors (Lipinski definition) is 7. The van der Waals surface area contributed by atoms with Gasteiger partial charge < -0.3 is 35.2 Å². The Bertz CT molecular complexity index is 527. The zero-order valence-electron chi connectivity index (χ0n) is 14.9. The van der Waals surface area contributed by atoms with Crippen LogP contribution in [0.25, 0.3) is 0 Å². The van der Waals surface area contributed by atoms with Crippen molar-refractivity contribution in [2.75, 3.05) is 13.2 Å². The van der Waals surface area contributed by atoms with Crippen molar-refractivity contribution in [3.05, 3.63) is 29.8 Å². The van der Waals surface area contributed by atoms with Crippen LogP contribution in [0.5, 0.6) is 5.75 Å². The van der Waals surface area contributed by atoms with Crippen LogP contribution in [0.3, 0.4) is 0 Å². The van der Waals surface area contributed by atoms with Crippen LogP contribution >= 0.6 is 0 Å². The number of benzene rings is 1. The molecule has 1 heterocycles. The van der Waals surface area contributed by atoms with Gasteiger partial charge in [-0.3, -0.25) is 0 Å². The molecule has 5 N–H and O–H groups in total. The van der Waals surface area contributed by atoms with E-state index >= 15 is 0 Å². The van der Waals surface area contributed by atoms with E-state index in [0.717, 1.165) is 18.5 Å². The third kappa shape index (κ3) is 5.64. The lowest BCUT2D eigenvalue weighted by atomic mass is 9.99. The molecule has 0 spiro atoms. The Labute approximate surface area is 148 Å². The van der Waals surface area contributed by atoms with Gasteiger partial charge in [-0.25, -0.2) is 0 Å². The Balaban J connectivity index is 1.92. The van der Waals surface area contributed by atoms with Crippen LogP contribution in [-0.4, -0.2) is 69.8 Å². The number of hydrogen-bond donors (Lipinski definition) is 5. The second kappa shape index (κ2) is 8.44. The van der Waals surface area contributed by atoms with Gasteiger partial charge in [0.2, 0.25) is 6.29 Å². The van der Waals surface area contributed by atoms with E-state index in [1.165, 1.54) is 0 Å². The van der Waals surface area contributed by atoms with Gasteiger partial charge in [-0.2, -0.15) is 0 Å². The first kappa shape index (κ1) is 20.1. The topological polar surface area (TPSA) is 111 Å². The maximum absolute atomic E-state index is 9.98. The first-order valence-electron chi connectivity index (χ1n) is 8.52. The molecule has 0 aliphatic carbocycles. The molecule has 0 aromatic heterocycles. The van der Waals surface area contributed by atoms with Gasteiger partial charge in [0.15, 0.2) is 0 Å². The molecular formula is C18H29NO6. The molecule has 7 nitrogen and oxygen atoms in total. The van der Waals surface area contributed by atoms with Crippen molar-refractivity contribution < 1.29 is 29.9 Å². The third-order valence-corrected chi connectivity index (χ3v) is 4.09. The second-order valence-corrected chi connectivity index (χ2v) is 7.39. The fraction of sp³-hybridized carbons (Fsp3) is 0.667. The van der Waals surface area contributed by atoms with Crippen molar-refractivity contribution in [1.29, 1.82) is 0 Å². The predicted octanol–water partition coefficient (Wildman–Crippen LogP) is -0.204. The number of rotatable bonds is 6. The summed E-state index contributed by atoms with van der Waals surface area (Å²) >= 11 is 0. The quantitative estimate of drug-likeness (QED) is 0.480. The maximum atomic E-state index is 9.98. The number of aliphatic hydroxyl groups is 4. The zero-order valence-corrected chi connectivity index (χ0v) is 14.9. The van der Waals surface area contributed by atoms with Crippen LogP contribution in [0, 0.1) is 0 Å². The maximum Gasteiger partial charge on any atom is 0.229 e. The Hall–Kier alpha value is -1.22. The highest BCUT2D eigenvalue weighted by Crippen LogP contribution is 2.24. The van der Waals surface area contributed by atoms with Crippen LogP contribution in [0.4, 0.5) is 0 Å². The Morgan fingerprint density at radius 2 is 1.68 bits per heavy atom. The molecular weight excluding hydrogens is 326 g/mol. The molecule has 142 valence electrons. The molecule has 25 heavy (non-hydrogen) atoms. The molecule has 1 fully saturated rings. The largest absolute Gasteiger partial charge is 0.462 e. The van der Waals surface area contributed by atoms with Crippen LogP contribution in [0.1, 0.15) is 26.3 Å². The van der Waals surface area contributed by atoms with Crippen LogP contribution in [0.15, 0.2) is 24.3 Å². The zero-order chi connectivity index (χ0) is 18.6. The molecule has 0 radical (unpaired) electrons. The summed E-state index contributed by atoms with van der Waals surface area (Å²) in [7, 11) is 0. The van der Waals surface area contributed by atoms with E-state index in [1.807, 2.05) is 12.1 Å². The van der Waals surface area contributed by atoms with Gasteiger partial charge >= 0.3 is 0 Å². The normalized spacial score (nSPS) is 30.3. The Morgan fingerprint density at radius 1 is 1.04 bits per heavy atom. The highest BCUT2D eigenvalue weighted by molar-refractivity contribution is 5.27. The summed E-state index contributed by atoms with van der Waals surface area (Å²) in [5.74, 6) is 0.469. The van der Waals surface area contributed by atoms with Crippen molar-refractivity contribution in [3.63, 3.8) is 0 Å². The van der Waals surface area contributed by atoms with E-state index in [4.69, 9.17) is 9.47 Å². The molecule has 1 aliphatic heterocycles. The van der Waals surface area contributed by atoms with E-state index in [0.29, 0.717) is 5.75 Å².